The summed E-state index contributed by atoms with van der Waals surface area (Å²) in [7, 11) is -4.26. The molecule has 0 spiro atoms. The van der Waals surface area contributed by atoms with Crippen LogP contribution in [0.4, 0.5) is 13.2 Å². The Hall–Kier alpha value is -2.01. The van der Waals surface area contributed by atoms with Crippen molar-refractivity contribution in [3.8, 4) is 10.6 Å². The van der Waals surface area contributed by atoms with Gasteiger partial charge in [-0.25, -0.2) is 0 Å². The number of aliphatic hydroxyl groups is 1. The van der Waals surface area contributed by atoms with Crippen molar-refractivity contribution in [2.24, 2.45) is 0 Å². The van der Waals surface area contributed by atoms with Crippen molar-refractivity contribution in [1.29, 1.82) is 0 Å². The van der Waals surface area contributed by atoms with E-state index in [0.29, 0.717) is 35.8 Å². The Kier molecular flexibility index (Phi) is 6.80. The fourth-order valence-electron chi connectivity index (χ4n) is 3.22. The number of aliphatic hydroxyl groups excluding tert-OH is 1. The minimum absolute atomic E-state index is 0.0599. The van der Waals surface area contributed by atoms with Gasteiger partial charge in [0.15, 0.2) is 0 Å². The van der Waals surface area contributed by atoms with E-state index in [2.05, 4.69) is 14.4 Å². The van der Waals surface area contributed by atoms with E-state index in [1.165, 1.54) is 12.1 Å². The molecule has 184 valence electrons. The number of nitrogens with one attached hydrogen (secondary N) is 1. The SMILES string of the molecule is O=C(O)[C@]1(NS(=O)(=O)c2ccc(-c3cc(C(F)(F)F)on3)s2)[I-][C@@H]1c1ccc(CCCO)cc1. The van der Waals surface area contributed by atoms with Crippen LogP contribution in [0.1, 0.15) is 27.2 Å². The molecule has 3 heterocycles. The van der Waals surface area contributed by atoms with Crippen molar-refractivity contribution < 1.29 is 62.3 Å². The van der Waals surface area contributed by atoms with Crippen molar-refractivity contribution in [3.05, 3.63) is 59.4 Å². The van der Waals surface area contributed by atoms with E-state index in [1.54, 1.807) is 12.1 Å². The number of halogens is 4. The fourth-order valence-corrected chi connectivity index (χ4v) is 9.81. The third kappa shape index (κ3) is 5.00. The van der Waals surface area contributed by atoms with E-state index in [-0.39, 0.29) is 21.4 Å². The number of carboxylic acid groups (broad SMARTS) is 1. The fraction of sp³-hybridized carbons (Fsp3) is 0.300. The van der Waals surface area contributed by atoms with Crippen molar-refractivity contribution >= 4 is 27.3 Å². The molecular weight excluding hydrogens is 612 g/mol. The van der Waals surface area contributed by atoms with Crippen LogP contribution in [0.2, 0.25) is 0 Å². The van der Waals surface area contributed by atoms with Gasteiger partial charge in [-0.2, -0.15) is 0 Å². The van der Waals surface area contributed by atoms with Crippen LogP contribution in [0.25, 0.3) is 10.6 Å². The average Bonchev–Trinajstić information content (AvgIpc) is 3.14. The zero-order valence-corrected chi connectivity index (χ0v) is 20.8. The Morgan fingerprint density at radius 2 is 1.94 bits per heavy atom. The van der Waals surface area contributed by atoms with Gasteiger partial charge in [0.2, 0.25) is 0 Å². The number of hydrogen-bond acceptors (Lipinski definition) is 7. The first-order chi connectivity index (χ1) is 16.0. The van der Waals surface area contributed by atoms with Crippen molar-refractivity contribution in [2.75, 3.05) is 6.61 Å². The molecule has 3 N–H and O–H groups in total. The average molecular weight is 629 g/mol. The first-order valence-corrected chi connectivity index (χ1v) is 14.3. The van der Waals surface area contributed by atoms with Crippen molar-refractivity contribution in [3.63, 3.8) is 0 Å². The molecule has 1 aliphatic heterocycles. The van der Waals surface area contributed by atoms with Crippen LogP contribution in [-0.4, -0.2) is 39.9 Å². The summed E-state index contributed by atoms with van der Waals surface area (Å²) in [6, 6.07) is 10.3. The third-order valence-electron chi connectivity index (χ3n) is 4.96. The molecule has 0 amide bonds. The molecule has 34 heavy (non-hydrogen) atoms. The summed E-state index contributed by atoms with van der Waals surface area (Å²) in [5.74, 6) is -2.59. The molecule has 0 unspecified atom stereocenters. The summed E-state index contributed by atoms with van der Waals surface area (Å²) in [5.41, 5.74) is 1.51. The van der Waals surface area contributed by atoms with E-state index >= 15 is 0 Å². The standard InChI is InChI=1S/C20H17F3IN2O6S2/c21-20(22,23)15-10-13(25-32-15)14-7-8-16(33-14)34(30,31)26-19(18(28)29)17(24-19)12-5-3-11(4-6-12)2-1-9-27/h3-8,10,17,26-27H,1-2,9H2,(H,28,29)/q-1/t17-,19+/m1/s1. The molecule has 1 aromatic carbocycles. The molecule has 1 aliphatic rings. The predicted molar refractivity (Wildman–Crippen MR) is 110 cm³/mol. The maximum atomic E-state index is 13.0. The van der Waals surface area contributed by atoms with Gasteiger partial charge >= 0.3 is 207 Å². The molecule has 0 radical (unpaired) electrons. The molecule has 0 saturated carbocycles. The molecule has 14 heteroatoms. The molecule has 1 saturated heterocycles. The molecule has 1 fully saturated rings. The number of benzene rings is 1. The number of aromatic nitrogens is 1. The first-order valence-electron chi connectivity index (χ1n) is 9.72. The van der Waals surface area contributed by atoms with Crippen molar-refractivity contribution in [2.45, 2.75) is 30.7 Å². The Labute approximate surface area is 206 Å². The third-order valence-corrected chi connectivity index (χ3v) is 12.3. The van der Waals surface area contributed by atoms with Gasteiger partial charge in [-0.3, -0.25) is 0 Å². The first kappa shape index (κ1) is 25.1. The van der Waals surface area contributed by atoms with Crippen LogP contribution in [0.15, 0.2) is 51.2 Å². The summed E-state index contributed by atoms with van der Waals surface area (Å²) in [5, 5.41) is 22.1. The number of sulfonamides is 1. The zero-order valence-electron chi connectivity index (χ0n) is 17.0. The number of aliphatic carboxylic acids is 1. The normalized spacial score (nSPS) is 20.6. The number of alkyl halides is 5. The second-order valence-electron chi connectivity index (χ2n) is 7.36. The summed E-state index contributed by atoms with van der Waals surface area (Å²) < 4.78 is 68.4. The van der Waals surface area contributed by atoms with Crippen molar-refractivity contribution in [1.82, 2.24) is 9.88 Å². The van der Waals surface area contributed by atoms with E-state index in [1.807, 2.05) is 12.1 Å². The number of carboxylic acids is 1. The van der Waals surface area contributed by atoms with E-state index in [4.69, 9.17) is 5.11 Å². The predicted octanol–water partition coefficient (Wildman–Crippen LogP) is 0.250. The van der Waals surface area contributed by atoms with Gasteiger partial charge in [0.05, 0.1) is 0 Å². The number of thiophene rings is 1. The van der Waals surface area contributed by atoms with E-state index in [9.17, 15) is 31.5 Å². The van der Waals surface area contributed by atoms with Gasteiger partial charge in [0.1, 0.15) is 0 Å². The second kappa shape index (κ2) is 9.22. The van der Waals surface area contributed by atoms with E-state index < -0.39 is 56.6 Å². The molecule has 2 atom stereocenters. The van der Waals surface area contributed by atoms with Gasteiger partial charge in [0, 0.05) is 0 Å². The van der Waals surface area contributed by atoms with E-state index in [0.717, 1.165) is 5.56 Å². The second-order valence-corrected chi connectivity index (χ2v) is 13.9. The van der Waals surface area contributed by atoms with Gasteiger partial charge in [-0.1, -0.05) is 0 Å². The van der Waals surface area contributed by atoms with Gasteiger partial charge in [-0.05, 0) is 0 Å². The Bertz CT molecular complexity index is 1310. The Morgan fingerprint density at radius 3 is 2.53 bits per heavy atom. The molecule has 0 aliphatic carbocycles. The summed E-state index contributed by atoms with van der Waals surface area (Å²) in [4.78, 5) is 12.2. The van der Waals surface area contributed by atoms with Gasteiger partial charge < -0.3 is 0 Å². The van der Waals surface area contributed by atoms with Crippen LogP contribution in [0, 0.1) is 0 Å². The van der Waals surface area contributed by atoms with Crippen LogP contribution >= 0.6 is 11.3 Å². The van der Waals surface area contributed by atoms with Gasteiger partial charge in [0.25, 0.3) is 0 Å². The van der Waals surface area contributed by atoms with Crippen LogP contribution < -0.4 is 25.9 Å². The number of hydrogen-bond donors (Lipinski definition) is 3. The Morgan fingerprint density at radius 1 is 1.24 bits per heavy atom. The molecule has 2 aromatic heterocycles. The van der Waals surface area contributed by atoms with Crippen LogP contribution in [-0.2, 0) is 27.4 Å². The van der Waals surface area contributed by atoms with Gasteiger partial charge in [-0.15, -0.1) is 0 Å². The van der Waals surface area contributed by atoms with Crippen LogP contribution in [0.5, 0.6) is 0 Å². The number of nitrogens with zero attached hydrogens (tertiary/aromatic N) is 1. The topological polar surface area (TPSA) is 130 Å². The number of rotatable bonds is 9. The number of aryl methyl sites for hydroxylation is 1. The molecule has 0 bridgehead atoms. The maximum absolute atomic E-state index is 13.0. The molecule has 8 nitrogen and oxygen atoms in total. The van der Waals surface area contributed by atoms with Crippen LogP contribution in [0.3, 0.4) is 0 Å². The minimum atomic E-state index is -4.73. The summed E-state index contributed by atoms with van der Waals surface area (Å²) in [6.45, 7) is 0.0599. The molecular formula is C20H17F3IN2O6S2-. The zero-order chi connectivity index (χ0) is 24.7. The quantitative estimate of drug-likeness (QED) is 0.176. The number of carbonyl (C=O) groups is 1. The summed E-state index contributed by atoms with van der Waals surface area (Å²) in [6.07, 6.45) is -3.46. The molecule has 4 rings (SSSR count). The Balaban J connectivity index is 1.53. The summed E-state index contributed by atoms with van der Waals surface area (Å²) >= 11 is -0.440. The monoisotopic (exact) mass is 629 g/mol. The molecule has 3 aromatic rings.